The van der Waals surface area contributed by atoms with E-state index in [1.54, 1.807) is 19.9 Å². The summed E-state index contributed by atoms with van der Waals surface area (Å²) >= 11 is 1.54. The standard InChI is InChI=1S/C32H33N3O4S/c1-18-6-12-26(19(2)14-18)31(23-8-10-25(11-9-23)35-40-5)33-29(36)16-22-7-13-27-24(15-22)17-28(38-27)32(37)30-20(3)34-39-21(30)4/h6-15,17,31-32,35,37H,16H2,1-5H3,(H,33,36). The van der Waals surface area contributed by atoms with Crippen LogP contribution in [0.4, 0.5) is 5.69 Å². The number of nitrogens with one attached hydrogen (secondary N) is 2. The van der Waals surface area contributed by atoms with Gasteiger partial charge in [0.25, 0.3) is 0 Å². The van der Waals surface area contributed by atoms with Gasteiger partial charge >= 0.3 is 0 Å². The van der Waals surface area contributed by atoms with E-state index in [2.05, 4.69) is 47.2 Å². The van der Waals surface area contributed by atoms with Gasteiger partial charge in [-0.05, 0) is 80.3 Å². The van der Waals surface area contributed by atoms with Crippen LogP contribution in [0.1, 0.15) is 62.7 Å². The smallest absolute Gasteiger partial charge is 0.225 e. The van der Waals surface area contributed by atoms with E-state index in [1.807, 2.05) is 48.7 Å². The molecule has 0 saturated carbocycles. The molecule has 3 N–H and O–H groups in total. The molecule has 0 aliphatic rings. The van der Waals surface area contributed by atoms with Crippen molar-refractivity contribution in [2.75, 3.05) is 11.0 Å². The predicted molar refractivity (Wildman–Crippen MR) is 159 cm³/mol. The Bertz CT molecular complexity index is 1640. The number of carbonyl (C=O) groups is 1. The molecule has 3 aromatic carbocycles. The average Bonchev–Trinajstić information content (AvgIpc) is 3.50. The van der Waals surface area contributed by atoms with Gasteiger partial charge in [-0.2, -0.15) is 0 Å². The van der Waals surface area contributed by atoms with Crippen molar-refractivity contribution in [3.8, 4) is 0 Å². The van der Waals surface area contributed by atoms with Crippen LogP contribution < -0.4 is 10.0 Å². The maximum atomic E-state index is 13.4. The minimum absolute atomic E-state index is 0.0879. The highest BCUT2D eigenvalue weighted by atomic mass is 32.2. The molecular formula is C32H33N3O4S. The number of fused-ring (bicyclic) bond motifs is 1. The van der Waals surface area contributed by atoms with Gasteiger partial charge in [-0.1, -0.05) is 59.1 Å². The van der Waals surface area contributed by atoms with Crippen LogP contribution in [0.5, 0.6) is 0 Å². The van der Waals surface area contributed by atoms with E-state index in [0.29, 0.717) is 28.4 Å². The van der Waals surface area contributed by atoms with Gasteiger partial charge in [0.2, 0.25) is 5.91 Å². The molecule has 2 heterocycles. The van der Waals surface area contributed by atoms with Crippen molar-refractivity contribution in [1.82, 2.24) is 10.5 Å². The second-order valence-electron chi connectivity index (χ2n) is 10.1. The molecule has 5 rings (SSSR count). The van der Waals surface area contributed by atoms with Crippen LogP contribution in [0, 0.1) is 27.7 Å². The number of benzene rings is 3. The first-order valence-electron chi connectivity index (χ1n) is 13.1. The first-order valence-corrected chi connectivity index (χ1v) is 14.3. The Labute approximate surface area is 238 Å². The molecule has 1 amide bonds. The lowest BCUT2D eigenvalue weighted by atomic mass is 9.93. The highest BCUT2D eigenvalue weighted by Crippen LogP contribution is 2.32. The lowest BCUT2D eigenvalue weighted by Crippen LogP contribution is -2.31. The Hall–Kier alpha value is -4.01. The normalized spacial score (nSPS) is 12.8. The second-order valence-corrected chi connectivity index (χ2v) is 10.7. The summed E-state index contributed by atoms with van der Waals surface area (Å²) in [4.78, 5) is 13.4. The number of aliphatic hydroxyl groups excluding tert-OH is 1. The van der Waals surface area contributed by atoms with Gasteiger partial charge < -0.3 is 24.1 Å². The molecule has 0 aliphatic carbocycles. The number of rotatable bonds is 9. The highest BCUT2D eigenvalue weighted by molar-refractivity contribution is 7.99. The minimum atomic E-state index is -0.985. The third-order valence-electron chi connectivity index (χ3n) is 7.10. The van der Waals surface area contributed by atoms with Crippen LogP contribution in [0.3, 0.4) is 0 Å². The molecule has 2 aromatic heterocycles. The topological polar surface area (TPSA) is 101 Å². The Morgan fingerprint density at radius 3 is 2.45 bits per heavy atom. The van der Waals surface area contributed by atoms with Crippen LogP contribution >= 0.6 is 11.9 Å². The number of nitrogens with zero attached hydrogens (tertiary/aromatic N) is 1. The fourth-order valence-electron chi connectivity index (χ4n) is 5.13. The van der Waals surface area contributed by atoms with Gasteiger partial charge in [0.15, 0.2) is 0 Å². The fourth-order valence-corrected chi connectivity index (χ4v) is 5.50. The van der Waals surface area contributed by atoms with Gasteiger partial charge in [0, 0.05) is 17.3 Å². The van der Waals surface area contributed by atoms with Crippen LogP contribution in [0.15, 0.2) is 75.7 Å². The van der Waals surface area contributed by atoms with E-state index in [-0.39, 0.29) is 18.4 Å². The molecule has 0 saturated heterocycles. The number of aromatic nitrogens is 1. The SMILES string of the molecule is CSNc1ccc(C(NC(=O)Cc2ccc3oc(C(O)c4c(C)noc4C)cc3c2)c2ccc(C)cc2C)cc1. The fraction of sp³-hybridized carbons (Fsp3) is 0.250. The van der Waals surface area contributed by atoms with E-state index in [0.717, 1.165) is 33.3 Å². The van der Waals surface area contributed by atoms with Crippen molar-refractivity contribution in [1.29, 1.82) is 0 Å². The predicted octanol–water partition coefficient (Wildman–Crippen LogP) is 6.87. The summed E-state index contributed by atoms with van der Waals surface area (Å²) < 4.78 is 14.4. The lowest BCUT2D eigenvalue weighted by molar-refractivity contribution is -0.120. The number of anilines is 1. The largest absolute Gasteiger partial charge is 0.458 e. The summed E-state index contributed by atoms with van der Waals surface area (Å²) in [6, 6.07) is 21.6. The summed E-state index contributed by atoms with van der Waals surface area (Å²) in [5.74, 6) is 0.867. The molecule has 0 bridgehead atoms. The van der Waals surface area contributed by atoms with E-state index in [1.165, 1.54) is 17.5 Å². The third kappa shape index (κ3) is 5.78. The molecule has 7 nitrogen and oxygen atoms in total. The Balaban J connectivity index is 1.38. The Morgan fingerprint density at radius 1 is 1.00 bits per heavy atom. The number of carbonyl (C=O) groups excluding carboxylic acids is 1. The number of hydrogen-bond acceptors (Lipinski definition) is 7. The number of aryl methyl sites for hydroxylation is 4. The number of furan rings is 1. The van der Waals surface area contributed by atoms with Crippen molar-refractivity contribution in [2.45, 2.75) is 46.3 Å². The van der Waals surface area contributed by atoms with Gasteiger partial charge in [0.1, 0.15) is 23.2 Å². The Morgan fingerprint density at radius 2 is 1.77 bits per heavy atom. The summed E-state index contributed by atoms with van der Waals surface area (Å²) in [6.45, 7) is 7.69. The number of amides is 1. The van der Waals surface area contributed by atoms with E-state index in [9.17, 15) is 9.90 Å². The first-order chi connectivity index (χ1) is 19.2. The molecule has 0 aliphatic heterocycles. The molecule has 0 spiro atoms. The monoisotopic (exact) mass is 555 g/mol. The molecule has 40 heavy (non-hydrogen) atoms. The zero-order valence-electron chi connectivity index (χ0n) is 23.2. The quantitative estimate of drug-likeness (QED) is 0.171. The van der Waals surface area contributed by atoms with Crippen molar-refractivity contribution < 1.29 is 18.8 Å². The zero-order valence-corrected chi connectivity index (χ0v) is 24.1. The zero-order chi connectivity index (χ0) is 28.4. The van der Waals surface area contributed by atoms with Crippen molar-refractivity contribution >= 4 is 34.5 Å². The van der Waals surface area contributed by atoms with Crippen LogP contribution in [-0.2, 0) is 11.2 Å². The molecule has 5 aromatic rings. The van der Waals surface area contributed by atoms with Gasteiger partial charge in [-0.25, -0.2) is 0 Å². The molecular weight excluding hydrogens is 522 g/mol. The maximum Gasteiger partial charge on any atom is 0.225 e. The lowest BCUT2D eigenvalue weighted by Gasteiger charge is -2.22. The first kappa shape index (κ1) is 27.6. The maximum absolute atomic E-state index is 13.4. The van der Waals surface area contributed by atoms with Gasteiger partial charge in [-0.15, -0.1) is 0 Å². The van der Waals surface area contributed by atoms with Crippen molar-refractivity contribution in [3.05, 3.63) is 117 Å². The summed E-state index contributed by atoms with van der Waals surface area (Å²) in [5, 5.41) is 18.9. The van der Waals surface area contributed by atoms with E-state index >= 15 is 0 Å². The second kappa shape index (κ2) is 11.6. The molecule has 8 heteroatoms. The van der Waals surface area contributed by atoms with Gasteiger partial charge in [-0.3, -0.25) is 4.79 Å². The number of aliphatic hydroxyl groups is 1. The third-order valence-corrected chi connectivity index (χ3v) is 7.54. The van der Waals surface area contributed by atoms with Gasteiger partial charge in [0.05, 0.1) is 23.7 Å². The molecule has 0 radical (unpaired) electrons. The van der Waals surface area contributed by atoms with E-state index < -0.39 is 6.10 Å². The average molecular weight is 556 g/mol. The van der Waals surface area contributed by atoms with Crippen LogP contribution in [0.2, 0.25) is 0 Å². The highest BCUT2D eigenvalue weighted by Gasteiger charge is 2.24. The number of hydrogen-bond donors (Lipinski definition) is 3. The Kier molecular flexibility index (Phi) is 8.00. The van der Waals surface area contributed by atoms with Crippen LogP contribution in [-0.4, -0.2) is 22.4 Å². The summed E-state index contributed by atoms with van der Waals surface area (Å²) in [5.41, 5.74) is 8.10. The van der Waals surface area contributed by atoms with E-state index in [4.69, 9.17) is 8.94 Å². The molecule has 0 fully saturated rings. The molecule has 2 unspecified atom stereocenters. The molecule has 2 atom stereocenters. The molecule has 206 valence electrons. The summed E-state index contributed by atoms with van der Waals surface area (Å²) in [7, 11) is 0. The van der Waals surface area contributed by atoms with Crippen molar-refractivity contribution in [2.24, 2.45) is 0 Å². The van der Waals surface area contributed by atoms with Crippen molar-refractivity contribution in [3.63, 3.8) is 0 Å². The minimum Gasteiger partial charge on any atom is -0.458 e. The van der Waals surface area contributed by atoms with Crippen LogP contribution in [0.25, 0.3) is 11.0 Å². The summed E-state index contributed by atoms with van der Waals surface area (Å²) in [6.07, 6.45) is 1.20.